The van der Waals surface area contributed by atoms with Crippen molar-refractivity contribution in [2.24, 2.45) is 0 Å². The first-order chi connectivity index (χ1) is 8.20. The maximum atomic E-state index is 9.38. The lowest BCUT2D eigenvalue weighted by Gasteiger charge is -2.45. The molecule has 0 amide bonds. The molecule has 94 valence electrons. The second-order valence-electron chi connectivity index (χ2n) is 5.14. The third-order valence-electron chi connectivity index (χ3n) is 4.21. The standard InChI is InChI=1S/C15H23NO/c1-3-16(4-2)12-15(10-5-11-15)13-6-8-14(17)9-7-13/h6-9,17H,3-5,10-12H2,1-2H3. The number of rotatable bonds is 5. The quantitative estimate of drug-likeness (QED) is 0.844. The summed E-state index contributed by atoms with van der Waals surface area (Å²) in [5, 5.41) is 9.38. The average Bonchev–Trinajstić information content (AvgIpc) is 2.30. The fourth-order valence-corrected chi connectivity index (χ4v) is 2.83. The molecule has 0 atom stereocenters. The highest BCUT2D eigenvalue weighted by atomic mass is 16.3. The van der Waals surface area contributed by atoms with Gasteiger partial charge in [0.15, 0.2) is 0 Å². The largest absolute Gasteiger partial charge is 0.508 e. The Balaban J connectivity index is 2.16. The molecule has 1 aromatic rings. The van der Waals surface area contributed by atoms with Gasteiger partial charge in [0.25, 0.3) is 0 Å². The van der Waals surface area contributed by atoms with Crippen LogP contribution < -0.4 is 0 Å². The SMILES string of the molecule is CCN(CC)CC1(c2ccc(O)cc2)CCC1. The molecule has 1 aromatic carbocycles. The summed E-state index contributed by atoms with van der Waals surface area (Å²) in [7, 11) is 0. The minimum Gasteiger partial charge on any atom is -0.508 e. The van der Waals surface area contributed by atoms with Crippen LogP contribution in [0.3, 0.4) is 0 Å². The van der Waals surface area contributed by atoms with Gasteiger partial charge in [-0.2, -0.15) is 0 Å². The monoisotopic (exact) mass is 233 g/mol. The Morgan fingerprint density at radius 3 is 2.12 bits per heavy atom. The second kappa shape index (κ2) is 5.09. The summed E-state index contributed by atoms with van der Waals surface area (Å²) in [6.45, 7) is 7.86. The van der Waals surface area contributed by atoms with E-state index in [1.807, 2.05) is 12.1 Å². The molecule has 0 aliphatic heterocycles. The predicted octanol–water partition coefficient (Wildman–Crippen LogP) is 3.16. The van der Waals surface area contributed by atoms with Gasteiger partial charge in [-0.3, -0.25) is 0 Å². The zero-order valence-electron chi connectivity index (χ0n) is 10.9. The summed E-state index contributed by atoms with van der Waals surface area (Å²) in [6, 6.07) is 7.82. The molecule has 0 aromatic heterocycles. The number of likely N-dealkylation sites (N-methyl/N-ethyl adjacent to an activating group) is 1. The first-order valence-electron chi connectivity index (χ1n) is 6.72. The van der Waals surface area contributed by atoms with E-state index in [4.69, 9.17) is 0 Å². The Kier molecular flexibility index (Phi) is 3.72. The molecule has 1 fully saturated rings. The van der Waals surface area contributed by atoms with Crippen molar-refractivity contribution in [2.45, 2.75) is 38.5 Å². The van der Waals surface area contributed by atoms with E-state index >= 15 is 0 Å². The molecule has 1 aliphatic rings. The Labute approximate surface area is 104 Å². The number of nitrogens with zero attached hydrogens (tertiary/aromatic N) is 1. The lowest BCUT2D eigenvalue weighted by atomic mass is 9.64. The van der Waals surface area contributed by atoms with Crippen LogP contribution >= 0.6 is 0 Å². The zero-order valence-corrected chi connectivity index (χ0v) is 10.9. The van der Waals surface area contributed by atoms with Crippen LogP contribution in [0.25, 0.3) is 0 Å². The molecule has 1 aliphatic carbocycles. The number of hydrogen-bond acceptors (Lipinski definition) is 2. The van der Waals surface area contributed by atoms with Crippen LogP contribution in [0.2, 0.25) is 0 Å². The predicted molar refractivity (Wildman–Crippen MR) is 71.4 cm³/mol. The fraction of sp³-hybridized carbons (Fsp3) is 0.600. The van der Waals surface area contributed by atoms with E-state index in [-0.39, 0.29) is 0 Å². The van der Waals surface area contributed by atoms with Crippen LogP contribution in [0.5, 0.6) is 5.75 Å². The van der Waals surface area contributed by atoms with Gasteiger partial charge in [-0.1, -0.05) is 32.4 Å². The number of benzene rings is 1. The number of phenolic OH excluding ortho intramolecular Hbond substituents is 1. The molecule has 2 nitrogen and oxygen atoms in total. The van der Waals surface area contributed by atoms with Crippen LogP contribution in [-0.2, 0) is 5.41 Å². The molecule has 0 radical (unpaired) electrons. The third-order valence-corrected chi connectivity index (χ3v) is 4.21. The minimum atomic E-state index is 0.347. The molecular weight excluding hydrogens is 210 g/mol. The number of phenols is 1. The van der Waals surface area contributed by atoms with E-state index in [2.05, 4.69) is 30.9 Å². The van der Waals surface area contributed by atoms with Crippen molar-refractivity contribution in [1.29, 1.82) is 0 Å². The van der Waals surface area contributed by atoms with Gasteiger partial charge < -0.3 is 10.0 Å². The molecule has 0 unspecified atom stereocenters. The van der Waals surface area contributed by atoms with Gasteiger partial charge in [-0.15, -0.1) is 0 Å². The fourth-order valence-electron chi connectivity index (χ4n) is 2.83. The van der Waals surface area contributed by atoms with Gasteiger partial charge in [0, 0.05) is 12.0 Å². The lowest BCUT2D eigenvalue weighted by Crippen LogP contribution is -2.45. The van der Waals surface area contributed by atoms with E-state index in [0.717, 1.165) is 19.6 Å². The summed E-state index contributed by atoms with van der Waals surface area (Å²) < 4.78 is 0. The molecule has 1 N–H and O–H groups in total. The normalized spacial score (nSPS) is 18.1. The van der Waals surface area contributed by atoms with E-state index in [9.17, 15) is 5.11 Å². The molecule has 0 heterocycles. The Morgan fingerprint density at radius 1 is 1.12 bits per heavy atom. The highest BCUT2D eigenvalue weighted by molar-refractivity contribution is 5.33. The topological polar surface area (TPSA) is 23.5 Å². The Bertz CT molecular complexity index is 350. The Hall–Kier alpha value is -1.02. The van der Waals surface area contributed by atoms with E-state index in [1.165, 1.54) is 24.8 Å². The molecule has 0 spiro atoms. The van der Waals surface area contributed by atoms with E-state index < -0.39 is 0 Å². The minimum absolute atomic E-state index is 0.347. The van der Waals surface area contributed by atoms with Crippen molar-refractivity contribution in [3.05, 3.63) is 29.8 Å². The van der Waals surface area contributed by atoms with Crippen LogP contribution in [0.1, 0.15) is 38.7 Å². The Morgan fingerprint density at radius 2 is 1.71 bits per heavy atom. The van der Waals surface area contributed by atoms with Gasteiger partial charge in [-0.05, 0) is 43.6 Å². The van der Waals surface area contributed by atoms with Crippen LogP contribution in [0.15, 0.2) is 24.3 Å². The van der Waals surface area contributed by atoms with Crippen molar-refractivity contribution in [3.63, 3.8) is 0 Å². The summed E-state index contributed by atoms with van der Waals surface area (Å²) in [4.78, 5) is 2.51. The van der Waals surface area contributed by atoms with Crippen LogP contribution in [0, 0.1) is 0 Å². The summed E-state index contributed by atoms with van der Waals surface area (Å²) in [5.41, 5.74) is 1.74. The average molecular weight is 233 g/mol. The van der Waals surface area contributed by atoms with Crippen LogP contribution in [0.4, 0.5) is 0 Å². The highest BCUT2D eigenvalue weighted by Crippen LogP contribution is 2.44. The molecule has 1 saturated carbocycles. The molecule has 2 heteroatoms. The highest BCUT2D eigenvalue weighted by Gasteiger charge is 2.39. The van der Waals surface area contributed by atoms with Gasteiger partial charge >= 0.3 is 0 Å². The molecule has 0 saturated heterocycles. The summed E-state index contributed by atoms with van der Waals surface area (Å²) in [5.74, 6) is 0.367. The van der Waals surface area contributed by atoms with Gasteiger partial charge in [0.2, 0.25) is 0 Å². The zero-order chi connectivity index (χ0) is 12.3. The number of aromatic hydroxyl groups is 1. The molecular formula is C15H23NO. The molecule has 0 bridgehead atoms. The first-order valence-corrected chi connectivity index (χ1v) is 6.72. The lowest BCUT2D eigenvalue weighted by molar-refractivity contribution is 0.148. The van der Waals surface area contributed by atoms with Crippen molar-refractivity contribution in [3.8, 4) is 5.75 Å². The molecule has 17 heavy (non-hydrogen) atoms. The maximum absolute atomic E-state index is 9.38. The van der Waals surface area contributed by atoms with E-state index in [0.29, 0.717) is 11.2 Å². The maximum Gasteiger partial charge on any atom is 0.115 e. The van der Waals surface area contributed by atoms with Gasteiger partial charge in [0.05, 0.1) is 0 Å². The van der Waals surface area contributed by atoms with Crippen LogP contribution in [-0.4, -0.2) is 29.6 Å². The van der Waals surface area contributed by atoms with Crippen molar-refractivity contribution >= 4 is 0 Å². The summed E-state index contributed by atoms with van der Waals surface area (Å²) >= 11 is 0. The first kappa shape index (κ1) is 12.4. The number of hydrogen-bond donors (Lipinski definition) is 1. The second-order valence-corrected chi connectivity index (χ2v) is 5.14. The van der Waals surface area contributed by atoms with Gasteiger partial charge in [0.1, 0.15) is 5.75 Å². The molecule has 2 rings (SSSR count). The van der Waals surface area contributed by atoms with Gasteiger partial charge in [-0.25, -0.2) is 0 Å². The smallest absolute Gasteiger partial charge is 0.115 e. The summed E-state index contributed by atoms with van der Waals surface area (Å²) in [6.07, 6.45) is 3.91. The van der Waals surface area contributed by atoms with Crippen molar-refractivity contribution < 1.29 is 5.11 Å². The van der Waals surface area contributed by atoms with Crippen molar-refractivity contribution in [1.82, 2.24) is 4.90 Å². The third kappa shape index (κ3) is 2.47. The van der Waals surface area contributed by atoms with E-state index in [1.54, 1.807) is 0 Å². The van der Waals surface area contributed by atoms with Crippen molar-refractivity contribution in [2.75, 3.05) is 19.6 Å².